The lowest BCUT2D eigenvalue weighted by molar-refractivity contribution is -0.143. The van der Waals surface area contributed by atoms with Gasteiger partial charge in [0.1, 0.15) is 0 Å². The SMILES string of the molecule is CCCCC/C=C\C/C=C\CCCCCCCC(=O)OCCCCN(CCCCO)CCCCCCOS(C)(C)OC(C)OCCCCCCCCCC. The van der Waals surface area contributed by atoms with Crippen molar-refractivity contribution in [3.63, 3.8) is 0 Å². The zero-order valence-corrected chi connectivity index (χ0v) is 37.3. The van der Waals surface area contributed by atoms with Gasteiger partial charge in [-0.1, -0.05) is 128 Å². The molecule has 54 heavy (non-hydrogen) atoms. The molecular weight excluding hydrogens is 695 g/mol. The van der Waals surface area contributed by atoms with Gasteiger partial charge in [0.05, 0.1) is 13.2 Å². The van der Waals surface area contributed by atoms with Gasteiger partial charge >= 0.3 is 5.97 Å². The third kappa shape index (κ3) is 40.8. The van der Waals surface area contributed by atoms with Gasteiger partial charge in [-0.05, 0) is 110 Å². The highest BCUT2D eigenvalue weighted by atomic mass is 32.3. The predicted octanol–water partition coefficient (Wildman–Crippen LogP) is 13.2. The molecule has 8 heteroatoms. The Morgan fingerprint density at radius 3 is 1.72 bits per heavy atom. The van der Waals surface area contributed by atoms with E-state index in [-0.39, 0.29) is 18.9 Å². The van der Waals surface area contributed by atoms with E-state index < -0.39 is 10.6 Å². The number of aliphatic hydroxyl groups excluding tert-OH is 1. The Kier molecular flexibility index (Phi) is 41.0. The van der Waals surface area contributed by atoms with E-state index >= 15 is 0 Å². The molecule has 0 aliphatic heterocycles. The van der Waals surface area contributed by atoms with Crippen molar-refractivity contribution in [2.45, 2.75) is 207 Å². The number of nitrogens with zero attached hydrogens (tertiary/aromatic N) is 1. The van der Waals surface area contributed by atoms with Crippen LogP contribution in [-0.2, 0) is 22.6 Å². The molecule has 0 heterocycles. The molecular formula is C46H91NO6S. The second-order valence-corrected chi connectivity index (χ2v) is 18.3. The summed E-state index contributed by atoms with van der Waals surface area (Å²) >= 11 is 0. The van der Waals surface area contributed by atoms with Crippen LogP contribution in [0.25, 0.3) is 0 Å². The fraction of sp³-hybridized carbons (Fsp3) is 0.891. The Morgan fingerprint density at radius 1 is 0.593 bits per heavy atom. The van der Waals surface area contributed by atoms with Crippen LogP contribution in [-0.4, -0.2) is 80.8 Å². The van der Waals surface area contributed by atoms with Gasteiger partial charge in [-0.3, -0.25) is 13.2 Å². The zero-order chi connectivity index (χ0) is 39.6. The summed E-state index contributed by atoms with van der Waals surface area (Å²) in [4.78, 5) is 14.7. The highest BCUT2D eigenvalue weighted by molar-refractivity contribution is 8.24. The normalized spacial score (nSPS) is 13.2. The minimum atomic E-state index is -1.58. The minimum Gasteiger partial charge on any atom is -0.466 e. The molecule has 322 valence electrons. The maximum Gasteiger partial charge on any atom is 0.305 e. The van der Waals surface area contributed by atoms with E-state index in [1.165, 1.54) is 96.3 Å². The highest BCUT2D eigenvalue weighted by Gasteiger charge is 2.14. The standard InChI is InChI=1S/C46H91NO6S/c1-6-8-10-12-14-16-17-18-19-20-21-22-23-25-29-37-46(49)51-43-36-32-40-47(39-31-33-41-48)38-30-26-28-35-44-52-54(4,5)53-45(3)50-42-34-27-24-15-13-11-9-7-2/h14,16,18-19,45,48H,6-13,15,17,20-44H2,1-5H3/b16-14-,19-18-. The maximum absolute atomic E-state index is 12.2. The van der Waals surface area contributed by atoms with Crippen molar-refractivity contribution in [1.82, 2.24) is 4.90 Å². The zero-order valence-electron chi connectivity index (χ0n) is 36.5. The van der Waals surface area contributed by atoms with E-state index in [1.54, 1.807) is 0 Å². The third-order valence-electron chi connectivity index (χ3n) is 9.80. The molecule has 0 spiro atoms. The first kappa shape index (κ1) is 53.1. The number of carbonyl (C=O) groups excluding carboxylic acids is 1. The third-order valence-corrected chi connectivity index (χ3v) is 11.3. The molecule has 1 unspecified atom stereocenters. The average molecular weight is 786 g/mol. The number of hydrogen-bond donors (Lipinski definition) is 1. The van der Waals surface area contributed by atoms with Crippen molar-refractivity contribution in [3.05, 3.63) is 24.3 Å². The summed E-state index contributed by atoms with van der Waals surface area (Å²) in [5, 5.41) is 9.26. The summed E-state index contributed by atoms with van der Waals surface area (Å²) in [6.07, 6.45) is 45.5. The van der Waals surface area contributed by atoms with Gasteiger partial charge in [-0.25, -0.2) is 0 Å². The second-order valence-electron chi connectivity index (χ2n) is 15.6. The van der Waals surface area contributed by atoms with E-state index in [0.29, 0.717) is 13.0 Å². The molecule has 0 saturated carbocycles. The Morgan fingerprint density at radius 2 is 1.07 bits per heavy atom. The summed E-state index contributed by atoms with van der Waals surface area (Å²) in [6, 6.07) is 0. The van der Waals surface area contributed by atoms with Gasteiger partial charge in [-0.2, -0.15) is 10.6 Å². The fourth-order valence-electron chi connectivity index (χ4n) is 6.48. The number of carbonyl (C=O) groups is 1. The van der Waals surface area contributed by atoms with Crippen molar-refractivity contribution in [3.8, 4) is 0 Å². The van der Waals surface area contributed by atoms with Crippen LogP contribution in [0.5, 0.6) is 0 Å². The molecule has 0 bridgehead atoms. The molecule has 0 aromatic heterocycles. The topological polar surface area (TPSA) is 77.5 Å². The molecule has 0 fully saturated rings. The van der Waals surface area contributed by atoms with E-state index in [4.69, 9.17) is 17.8 Å². The van der Waals surface area contributed by atoms with E-state index in [9.17, 15) is 9.90 Å². The molecule has 0 aromatic rings. The van der Waals surface area contributed by atoms with Crippen LogP contribution in [0.15, 0.2) is 24.3 Å². The monoisotopic (exact) mass is 786 g/mol. The lowest BCUT2D eigenvalue weighted by atomic mass is 10.1. The Balaban J connectivity index is 3.88. The highest BCUT2D eigenvalue weighted by Crippen LogP contribution is 2.44. The number of hydrogen-bond acceptors (Lipinski definition) is 7. The maximum atomic E-state index is 12.2. The molecule has 1 atom stereocenters. The van der Waals surface area contributed by atoms with Crippen LogP contribution in [0.4, 0.5) is 0 Å². The van der Waals surface area contributed by atoms with Crippen molar-refractivity contribution in [2.75, 3.05) is 58.6 Å². The van der Waals surface area contributed by atoms with Gasteiger partial charge in [0.25, 0.3) is 0 Å². The van der Waals surface area contributed by atoms with Crippen molar-refractivity contribution < 1.29 is 27.7 Å². The Bertz CT molecular complexity index is 838. The van der Waals surface area contributed by atoms with Gasteiger partial charge in [0, 0.05) is 32.1 Å². The molecule has 1 N–H and O–H groups in total. The number of ether oxygens (including phenoxy) is 2. The van der Waals surface area contributed by atoms with Gasteiger partial charge in [-0.15, -0.1) is 0 Å². The van der Waals surface area contributed by atoms with E-state index in [1.807, 2.05) is 6.92 Å². The Hall–Kier alpha value is -0.900. The van der Waals surface area contributed by atoms with E-state index in [0.717, 1.165) is 110 Å². The summed E-state index contributed by atoms with van der Waals surface area (Å²) in [5.74, 6) is -0.0436. The minimum absolute atomic E-state index is 0.0436. The smallest absolute Gasteiger partial charge is 0.305 e. The summed E-state index contributed by atoms with van der Waals surface area (Å²) in [6.45, 7) is 11.9. The number of rotatable bonds is 43. The number of allylic oxidation sites excluding steroid dienone is 4. The van der Waals surface area contributed by atoms with Crippen molar-refractivity contribution >= 4 is 16.6 Å². The van der Waals surface area contributed by atoms with Crippen LogP contribution < -0.4 is 0 Å². The second kappa shape index (κ2) is 41.7. The lowest BCUT2D eigenvalue weighted by Crippen LogP contribution is -2.27. The van der Waals surface area contributed by atoms with Crippen LogP contribution in [0, 0.1) is 0 Å². The first-order valence-corrected chi connectivity index (χ1v) is 25.1. The summed E-state index contributed by atoms with van der Waals surface area (Å²) in [5.41, 5.74) is 0. The fourth-order valence-corrected chi connectivity index (χ4v) is 7.76. The molecule has 0 rings (SSSR count). The largest absolute Gasteiger partial charge is 0.466 e. The van der Waals surface area contributed by atoms with Crippen LogP contribution >= 0.6 is 10.6 Å². The predicted molar refractivity (Wildman–Crippen MR) is 235 cm³/mol. The Labute approximate surface area is 337 Å². The molecule has 0 radical (unpaired) electrons. The van der Waals surface area contributed by atoms with Crippen LogP contribution in [0.3, 0.4) is 0 Å². The van der Waals surface area contributed by atoms with Gasteiger partial charge < -0.3 is 19.5 Å². The molecule has 0 aliphatic carbocycles. The molecule has 0 aromatic carbocycles. The van der Waals surface area contributed by atoms with Gasteiger partial charge in [0.2, 0.25) is 0 Å². The van der Waals surface area contributed by atoms with Crippen LogP contribution in [0.1, 0.15) is 201 Å². The number of aliphatic hydroxyl groups is 1. The lowest BCUT2D eigenvalue weighted by Gasteiger charge is -2.37. The number of esters is 1. The molecule has 7 nitrogen and oxygen atoms in total. The van der Waals surface area contributed by atoms with E-state index in [2.05, 4.69) is 55.6 Å². The summed E-state index contributed by atoms with van der Waals surface area (Å²) in [7, 11) is -1.58. The van der Waals surface area contributed by atoms with Crippen LogP contribution in [0.2, 0.25) is 0 Å². The van der Waals surface area contributed by atoms with Crippen molar-refractivity contribution in [2.24, 2.45) is 0 Å². The van der Waals surface area contributed by atoms with Gasteiger partial charge in [0.15, 0.2) is 6.29 Å². The first-order valence-electron chi connectivity index (χ1n) is 22.8. The van der Waals surface area contributed by atoms with Crippen molar-refractivity contribution in [1.29, 1.82) is 0 Å². The molecule has 0 saturated heterocycles. The number of unbranched alkanes of at least 4 members (excludes halogenated alkanes) is 20. The molecule has 0 amide bonds. The average Bonchev–Trinajstić information content (AvgIpc) is 3.14. The quantitative estimate of drug-likeness (QED) is 0.0285. The summed E-state index contributed by atoms with van der Waals surface area (Å²) < 4.78 is 23.7. The first-order chi connectivity index (χ1) is 26.3. The molecule has 0 aliphatic rings.